The van der Waals surface area contributed by atoms with E-state index in [-0.39, 0.29) is 11.7 Å². The Bertz CT molecular complexity index is 1580. The maximum atomic E-state index is 13.9. The lowest BCUT2D eigenvalue weighted by Gasteiger charge is -2.26. The van der Waals surface area contributed by atoms with Crippen molar-refractivity contribution in [3.63, 3.8) is 0 Å². The molecule has 1 fully saturated rings. The van der Waals surface area contributed by atoms with Crippen LogP contribution in [0.4, 0.5) is 5.88 Å². The first-order chi connectivity index (χ1) is 18.8. The van der Waals surface area contributed by atoms with E-state index in [0.717, 1.165) is 23.1 Å². The number of benzene rings is 1. The zero-order chi connectivity index (χ0) is 27.7. The summed E-state index contributed by atoms with van der Waals surface area (Å²) >= 11 is 4.84. The van der Waals surface area contributed by atoms with Gasteiger partial charge in [0, 0.05) is 25.2 Å². The largest absolute Gasteiger partial charge is 0.494 e. The third kappa shape index (κ3) is 5.61. The number of furan rings is 1. The average molecular weight is 617 g/mol. The summed E-state index contributed by atoms with van der Waals surface area (Å²) in [6.07, 6.45) is 1.40. The van der Waals surface area contributed by atoms with E-state index in [1.807, 2.05) is 37.3 Å². The zero-order valence-electron chi connectivity index (χ0n) is 22.2. The number of aromatic nitrogens is 1. The fourth-order valence-corrected chi connectivity index (χ4v) is 6.23. The van der Waals surface area contributed by atoms with Crippen molar-refractivity contribution in [3.8, 4) is 5.75 Å². The Balaban J connectivity index is 1.61. The minimum Gasteiger partial charge on any atom is -0.494 e. The first kappa shape index (κ1) is 27.4. The van der Waals surface area contributed by atoms with Crippen LogP contribution in [0.25, 0.3) is 6.08 Å². The molecule has 2 aliphatic heterocycles. The summed E-state index contributed by atoms with van der Waals surface area (Å²) in [5, 5.41) is 0. The highest BCUT2D eigenvalue weighted by atomic mass is 79.9. The van der Waals surface area contributed by atoms with Crippen molar-refractivity contribution < 1.29 is 23.4 Å². The van der Waals surface area contributed by atoms with Crippen LogP contribution in [0.1, 0.15) is 45.1 Å². The van der Waals surface area contributed by atoms with E-state index in [9.17, 15) is 9.59 Å². The molecule has 2 aromatic heterocycles. The molecule has 0 aliphatic carbocycles. The smallest absolute Gasteiger partial charge is 0.338 e. The molecular formula is C28H30BrN3O6S. The van der Waals surface area contributed by atoms with E-state index in [1.165, 1.54) is 11.3 Å². The highest BCUT2D eigenvalue weighted by molar-refractivity contribution is 9.10. The van der Waals surface area contributed by atoms with Crippen LogP contribution in [0, 0.1) is 0 Å². The monoisotopic (exact) mass is 615 g/mol. The van der Waals surface area contributed by atoms with Gasteiger partial charge in [0.1, 0.15) is 11.5 Å². The molecule has 0 saturated carbocycles. The highest BCUT2D eigenvalue weighted by Crippen LogP contribution is 2.33. The maximum Gasteiger partial charge on any atom is 0.338 e. The molecule has 0 bridgehead atoms. The Hall–Kier alpha value is -3.15. The molecule has 5 rings (SSSR count). The van der Waals surface area contributed by atoms with E-state index >= 15 is 0 Å². The van der Waals surface area contributed by atoms with Crippen LogP contribution in [0.2, 0.25) is 0 Å². The predicted molar refractivity (Wildman–Crippen MR) is 152 cm³/mol. The summed E-state index contributed by atoms with van der Waals surface area (Å²) in [5.41, 5.74) is 1.34. The van der Waals surface area contributed by atoms with Crippen molar-refractivity contribution in [2.75, 3.05) is 37.8 Å². The Labute approximate surface area is 238 Å². The summed E-state index contributed by atoms with van der Waals surface area (Å²) < 4.78 is 25.6. The van der Waals surface area contributed by atoms with Gasteiger partial charge in [-0.1, -0.05) is 23.5 Å². The molecule has 206 valence electrons. The number of esters is 1. The molecule has 9 nitrogen and oxygen atoms in total. The second-order valence-electron chi connectivity index (χ2n) is 9.44. The van der Waals surface area contributed by atoms with Gasteiger partial charge in [0.2, 0.25) is 5.88 Å². The van der Waals surface area contributed by atoms with Gasteiger partial charge >= 0.3 is 5.97 Å². The van der Waals surface area contributed by atoms with Crippen molar-refractivity contribution >= 4 is 45.2 Å². The molecule has 1 saturated heterocycles. The predicted octanol–water partition coefficient (Wildman–Crippen LogP) is 3.78. The van der Waals surface area contributed by atoms with Crippen LogP contribution in [0.15, 0.2) is 60.3 Å². The molecule has 2 aliphatic rings. The summed E-state index contributed by atoms with van der Waals surface area (Å²) in [5.74, 6) is 1.46. The minimum atomic E-state index is -0.697. The Morgan fingerprint density at radius 3 is 2.64 bits per heavy atom. The molecule has 0 N–H and O–H groups in total. The first-order valence-electron chi connectivity index (χ1n) is 12.8. The van der Waals surface area contributed by atoms with Crippen molar-refractivity contribution in [2.45, 2.75) is 39.8 Å². The van der Waals surface area contributed by atoms with Gasteiger partial charge in [-0.15, -0.1) is 0 Å². The van der Waals surface area contributed by atoms with Crippen molar-refractivity contribution in [2.24, 2.45) is 4.99 Å². The SMILES string of the molecule is CCOc1ccc([C@H]2C(C(=O)OC(C)C)=C(C)N=c3s/c(=C/c4cc(Br)c(N5CCOCC5)o4)c(=O)n32)cc1. The van der Waals surface area contributed by atoms with Crippen LogP contribution < -0.4 is 24.5 Å². The second-order valence-corrected chi connectivity index (χ2v) is 11.3. The summed E-state index contributed by atoms with van der Waals surface area (Å²) in [7, 11) is 0. The van der Waals surface area contributed by atoms with E-state index in [0.29, 0.717) is 57.8 Å². The zero-order valence-corrected chi connectivity index (χ0v) is 24.6. The second kappa shape index (κ2) is 11.5. The number of thiazole rings is 1. The van der Waals surface area contributed by atoms with E-state index in [4.69, 9.17) is 18.6 Å². The first-order valence-corrected chi connectivity index (χ1v) is 14.5. The quantitative estimate of drug-likeness (QED) is 0.373. The molecule has 11 heteroatoms. The molecule has 4 heterocycles. The summed E-state index contributed by atoms with van der Waals surface area (Å²) in [6.45, 7) is 10.5. The number of anilines is 1. The topological polar surface area (TPSA) is 95.5 Å². The Morgan fingerprint density at radius 1 is 1.26 bits per heavy atom. The molecule has 1 aromatic carbocycles. The fraction of sp³-hybridized carbons (Fsp3) is 0.393. The number of carbonyl (C=O) groups is 1. The average Bonchev–Trinajstić information content (AvgIpc) is 3.42. The lowest BCUT2D eigenvalue weighted by molar-refractivity contribution is -0.143. The molecule has 0 radical (unpaired) electrons. The van der Waals surface area contributed by atoms with Gasteiger partial charge in [0.25, 0.3) is 5.56 Å². The van der Waals surface area contributed by atoms with Crippen molar-refractivity contribution in [3.05, 3.63) is 77.1 Å². The number of fused-ring (bicyclic) bond motifs is 1. The van der Waals surface area contributed by atoms with Gasteiger partial charge in [-0.25, -0.2) is 9.79 Å². The molecule has 0 spiro atoms. The third-order valence-corrected chi connectivity index (χ3v) is 7.90. The van der Waals surface area contributed by atoms with Gasteiger partial charge in [-0.2, -0.15) is 0 Å². The van der Waals surface area contributed by atoms with Crippen LogP contribution in [-0.4, -0.2) is 49.6 Å². The van der Waals surface area contributed by atoms with E-state index in [2.05, 4.69) is 25.8 Å². The van der Waals surface area contributed by atoms with Crippen LogP contribution in [-0.2, 0) is 14.3 Å². The van der Waals surface area contributed by atoms with Gasteiger partial charge in [0.15, 0.2) is 4.80 Å². The number of nitrogens with zero attached hydrogens (tertiary/aromatic N) is 3. The maximum absolute atomic E-state index is 13.9. The van der Waals surface area contributed by atoms with Gasteiger partial charge < -0.3 is 23.5 Å². The highest BCUT2D eigenvalue weighted by Gasteiger charge is 2.34. The lowest BCUT2D eigenvalue weighted by Crippen LogP contribution is -2.40. The Kier molecular flexibility index (Phi) is 8.11. The van der Waals surface area contributed by atoms with E-state index in [1.54, 1.807) is 31.4 Å². The van der Waals surface area contributed by atoms with Crippen LogP contribution in [0.3, 0.4) is 0 Å². The fourth-order valence-electron chi connectivity index (χ4n) is 4.65. The lowest BCUT2D eigenvalue weighted by atomic mass is 9.96. The molecule has 3 aromatic rings. The molecule has 1 atom stereocenters. The van der Waals surface area contributed by atoms with E-state index < -0.39 is 12.0 Å². The van der Waals surface area contributed by atoms with Gasteiger partial charge in [-0.3, -0.25) is 9.36 Å². The summed E-state index contributed by atoms with van der Waals surface area (Å²) in [6, 6.07) is 8.56. The number of hydrogen-bond donors (Lipinski definition) is 0. The van der Waals surface area contributed by atoms with Crippen molar-refractivity contribution in [1.82, 2.24) is 4.57 Å². The third-order valence-electron chi connectivity index (χ3n) is 6.35. The number of allylic oxidation sites excluding steroid dienone is 1. The molecule has 0 unspecified atom stereocenters. The normalized spacial score (nSPS) is 17.8. The van der Waals surface area contributed by atoms with Crippen LogP contribution in [0.5, 0.6) is 5.75 Å². The number of hydrogen-bond acceptors (Lipinski definition) is 9. The standard InChI is InChI=1S/C28H30BrN3O6S/c1-5-36-19-8-6-18(7-9-19)24-23(27(34)37-16(2)3)17(4)30-28-32(24)25(33)22(39-28)15-20-14-21(29)26(38-20)31-10-12-35-13-11-31/h6-9,14-16,24H,5,10-13H2,1-4H3/b22-15+/t24-/m0/s1. The molecule has 0 amide bonds. The minimum absolute atomic E-state index is 0.263. The number of morpholine rings is 1. The van der Waals surface area contributed by atoms with Crippen LogP contribution >= 0.6 is 27.3 Å². The summed E-state index contributed by atoms with van der Waals surface area (Å²) in [4.78, 5) is 34.4. The number of carbonyl (C=O) groups excluding carboxylic acids is 1. The number of halogens is 1. The Morgan fingerprint density at radius 2 is 1.97 bits per heavy atom. The number of ether oxygens (including phenoxy) is 3. The number of rotatable bonds is 7. The van der Waals surface area contributed by atoms with Gasteiger partial charge in [-0.05, 0) is 61.3 Å². The van der Waals surface area contributed by atoms with Gasteiger partial charge in [0.05, 0.1) is 52.2 Å². The molecular weight excluding hydrogens is 586 g/mol. The van der Waals surface area contributed by atoms with Crippen molar-refractivity contribution in [1.29, 1.82) is 0 Å². The molecule has 39 heavy (non-hydrogen) atoms.